The number of nitrogens with one attached hydrogen (secondary N) is 1. The maximum Gasteiger partial charge on any atom is 0.308 e. The first-order valence-corrected chi connectivity index (χ1v) is 7.30. The van der Waals surface area contributed by atoms with Crippen molar-refractivity contribution < 1.29 is 19.5 Å². The molecule has 2 N–H and O–H groups in total. The molecule has 7 heteroatoms. The third-order valence-corrected chi connectivity index (χ3v) is 4.18. The monoisotopic (exact) mass is 324 g/mol. The molecule has 118 valence electrons. The molecule has 1 saturated heterocycles. The van der Waals surface area contributed by atoms with Gasteiger partial charge in [-0.15, -0.1) is 0 Å². The van der Waals surface area contributed by atoms with Crippen molar-refractivity contribution in [3.8, 4) is 0 Å². The molecule has 1 aromatic rings. The number of rotatable bonds is 3. The van der Waals surface area contributed by atoms with Crippen LogP contribution in [0.15, 0.2) is 18.2 Å². The fourth-order valence-corrected chi connectivity index (χ4v) is 2.88. The summed E-state index contributed by atoms with van der Waals surface area (Å²) >= 11 is 6.08. The van der Waals surface area contributed by atoms with Gasteiger partial charge in [0.1, 0.15) is 0 Å². The number of hydrogen-bond donors (Lipinski definition) is 2. The molecule has 0 bridgehead atoms. The van der Waals surface area contributed by atoms with Gasteiger partial charge in [-0.25, -0.2) is 0 Å². The number of aliphatic carboxylic acids is 1. The van der Waals surface area contributed by atoms with Gasteiger partial charge in [-0.1, -0.05) is 11.6 Å². The average Bonchev–Trinajstić information content (AvgIpc) is 2.81. The molecular weight excluding hydrogens is 308 g/mol. The number of carbonyl (C=O) groups excluding carboxylic acids is 2. The number of carboxylic acid groups (broad SMARTS) is 1. The minimum Gasteiger partial charge on any atom is -0.481 e. The van der Waals surface area contributed by atoms with E-state index in [1.807, 2.05) is 0 Å². The first kappa shape index (κ1) is 16.3. The number of likely N-dealkylation sites (tertiary alicyclic amines) is 1. The van der Waals surface area contributed by atoms with Gasteiger partial charge in [-0.3, -0.25) is 14.4 Å². The van der Waals surface area contributed by atoms with E-state index in [-0.39, 0.29) is 22.4 Å². The number of benzene rings is 1. The Hall–Kier alpha value is -2.08. The third-order valence-electron chi connectivity index (χ3n) is 3.85. The van der Waals surface area contributed by atoms with Crippen LogP contribution in [0.4, 0.5) is 5.69 Å². The van der Waals surface area contributed by atoms with Crippen molar-refractivity contribution in [2.45, 2.75) is 26.3 Å². The maximum absolute atomic E-state index is 12.6. The van der Waals surface area contributed by atoms with Gasteiger partial charge in [0.15, 0.2) is 0 Å². The van der Waals surface area contributed by atoms with Crippen molar-refractivity contribution in [2.24, 2.45) is 5.92 Å². The lowest BCUT2D eigenvalue weighted by Crippen LogP contribution is -2.37. The highest BCUT2D eigenvalue weighted by atomic mass is 35.5. The molecule has 0 radical (unpaired) electrons. The van der Waals surface area contributed by atoms with E-state index in [1.54, 1.807) is 13.0 Å². The predicted octanol–water partition coefficient (Wildman–Crippen LogP) is 2.23. The van der Waals surface area contributed by atoms with E-state index < -0.39 is 17.9 Å². The van der Waals surface area contributed by atoms with Crippen molar-refractivity contribution >= 4 is 35.1 Å². The Bertz CT molecular complexity index is 632. The molecule has 2 unspecified atom stereocenters. The topological polar surface area (TPSA) is 86.7 Å². The van der Waals surface area contributed by atoms with Crippen LogP contribution in [0.3, 0.4) is 0 Å². The van der Waals surface area contributed by atoms with E-state index in [2.05, 4.69) is 5.32 Å². The minimum absolute atomic E-state index is 0.249. The van der Waals surface area contributed by atoms with Crippen LogP contribution >= 0.6 is 11.6 Å². The van der Waals surface area contributed by atoms with Crippen LogP contribution in [-0.4, -0.2) is 40.4 Å². The molecular formula is C15H17ClN2O4. The zero-order valence-corrected chi connectivity index (χ0v) is 13.1. The second-order valence-electron chi connectivity index (χ2n) is 5.35. The summed E-state index contributed by atoms with van der Waals surface area (Å²) in [5.41, 5.74) is 0.729. The largest absolute Gasteiger partial charge is 0.481 e. The van der Waals surface area contributed by atoms with Crippen molar-refractivity contribution in [1.82, 2.24) is 4.90 Å². The second-order valence-corrected chi connectivity index (χ2v) is 5.76. The molecule has 1 heterocycles. The van der Waals surface area contributed by atoms with Gasteiger partial charge in [0.2, 0.25) is 5.91 Å². The van der Waals surface area contributed by atoms with Gasteiger partial charge in [0.25, 0.3) is 5.91 Å². The smallest absolute Gasteiger partial charge is 0.308 e. The summed E-state index contributed by atoms with van der Waals surface area (Å²) in [5.74, 6) is -2.04. The minimum atomic E-state index is -0.902. The molecule has 1 aliphatic rings. The van der Waals surface area contributed by atoms with Gasteiger partial charge < -0.3 is 15.3 Å². The van der Waals surface area contributed by atoms with Gasteiger partial charge in [0.05, 0.1) is 16.5 Å². The van der Waals surface area contributed by atoms with Crippen molar-refractivity contribution in [1.29, 1.82) is 0 Å². The first-order valence-electron chi connectivity index (χ1n) is 6.92. The molecule has 0 aromatic heterocycles. The SMILES string of the molecule is CC(=O)Nc1ccc(Cl)c(C(=O)N2CCC(C(=O)O)C2C)c1. The summed E-state index contributed by atoms with van der Waals surface area (Å²) in [5, 5.41) is 12.0. The van der Waals surface area contributed by atoms with E-state index in [1.165, 1.54) is 24.0 Å². The Kier molecular flexibility index (Phi) is 4.71. The fraction of sp³-hybridized carbons (Fsp3) is 0.400. The van der Waals surface area contributed by atoms with E-state index in [0.717, 1.165) is 0 Å². The summed E-state index contributed by atoms with van der Waals surface area (Å²) in [6.45, 7) is 3.46. The van der Waals surface area contributed by atoms with Crippen LogP contribution in [0.2, 0.25) is 5.02 Å². The standard InChI is InChI=1S/C15H17ClN2O4/c1-8-11(15(21)22)5-6-18(8)14(20)12-7-10(17-9(2)19)3-4-13(12)16/h3-4,7-8,11H,5-6H2,1-2H3,(H,17,19)(H,21,22). The predicted molar refractivity (Wildman–Crippen MR) is 82.0 cm³/mol. The van der Waals surface area contributed by atoms with E-state index in [0.29, 0.717) is 18.7 Å². The average molecular weight is 325 g/mol. The highest BCUT2D eigenvalue weighted by Gasteiger charge is 2.38. The van der Waals surface area contributed by atoms with E-state index in [9.17, 15) is 14.4 Å². The van der Waals surface area contributed by atoms with Crippen LogP contribution in [0.1, 0.15) is 30.6 Å². The van der Waals surface area contributed by atoms with Gasteiger partial charge in [-0.05, 0) is 31.5 Å². The number of anilines is 1. The summed E-state index contributed by atoms with van der Waals surface area (Å²) in [7, 11) is 0. The Labute approximate surface area is 133 Å². The third kappa shape index (κ3) is 3.22. The normalized spacial score (nSPS) is 20.8. The lowest BCUT2D eigenvalue weighted by atomic mass is 10.0. The number of nitrogens with zero attached hydrogens (tertiary/aromatic N) is 1. The molecule has 0 saturated carbocycles. The van der Waals surface area contributed by atoms with Crippen molar-refractivity contribution in [3.05, 3.63) is 28.8 Å². The Morgan fingerprint density at radius 1 is 1.36 bits per heavy atom. The van der Waals surface area contributed by atoms with Crippen LogP contribution in [0, 0.1) is 5.92 Å². The molecule has 2 rings (SSSR count). The van der Waals surface area contributed by atoms with E-state index >= 15 is 0 Å². The van der Waals surface area contributed by atoms with Gasteiger partial charge in [0, 0.05) is 25.2 Å². The molecule has 6 nitrogen and oxygen atoms in total. The van der Waals surface area contributed by atoms with Gasteiger partial charge >= 0.3 is 5.97 Å². The number of hydrogen-bond acceptors (Lipinski definition) is 3. The summed E-state index contributed by atoms with van der Waals surface area (Å²) in [6.07, 6.45) is 0.422. The molecule has 1 fully saturated rings. The van der Waals surface area contributed by atoms with Crippen molar-refractivity contribution in [2.75, 3.05) is 11.9 Å². The van der Waals surface area contributed by atoms with E-state index in [4.69, 9.17) is 16.7 Å². The number of amides is 2. The number of halogens is 1. The molecule has 0 aliphatic carbocycles. The maximum atomic E-state index is 12.6. The molecule has 22 heavy (non-hydrogen) atoms. The number of carboxylic acids is 1. The lowest BCUT2D eigenvalue weighted by Gasteiger charge is -2.24. The van der Waals surface area contributed by atoms with Crippen molar-refractivity contribution in [3.63, 3.8) is 0 Å². The van der Waals surface area contributed by atoms with Crippen LogP contribution < -0.4 is 5.32 Å². The summed E-state index contributed by atoms with van der Waals surface area (Å²) < 4.78 is 0. The Morgan fingerprint density at radius 3 is 2.59 bits per heavy atom. The van der Waals surface area contributed by atoms with Gasteiger partial charge in [-0.2, -0.15) is 0 Å². The first-order chi connectivity index (χ1) is 10.3. The number of carbonyl (C=O) groups is 3. The molecule has 1 aliphatic heterocycles. The fourth-order valence-electron chi connectivity index (χ4n) is 2.68. The quantitative estimate of drug-likeness (QED) is 0.892. The Morgan fingerprint density at radius 2 is 2.05 bits per heavy atom. The lowest BCUT2D eigenvalue weighted by molar-refractivity contribution is -0.142. The molecule has 2 amide bonds. The molecule has 0 spiro atoms. The van der Waals surface area contributed by atoms with Crippen LogP contribution in [-0.2, 0) is 9.59 Å². The zero-order chi connectivity index (χ0) is 16.4. The summed E-state index contributed by atoms with van der Waals surface area (Å²) in [6, 6.07) is 4.25. The molecule has 1 aromatic carbocycles. The zero-order valence-electron chi connectivity index (χ0n) is 12.3. The van der Waals surface area contributed by atoms with Crippen LogP contribution in [0.25, 0.3) is 0 Å². The van der Waals surface area contributed by atoms with Crippen LogP contribution in [0.5, 0.6) is 0 Å². The Balaban J connectivity index is 2.26. The second kappa shape index (κ2) is 6.36. The highest BCUT2D eigenvalue weighted by Crippen LogP contribution is 2.29. The molecule has 2 atom stereocenters. The summed E-state index contributed by atoms with van der Waals surface area (Å²) in [4.78, 5) is 36.4. The highest BCUT2D eigenvalue weighted by molar-refractivity contribution is 6.34.